The van der Waals surface area contributed by atoms with Gasteiger partial charge in [-0.1, -0.05) is 42.8 Å². The average molecular weight is 304 g/mol. The lowest BCUT2D eigenvalue weighted by molar-refractivity contribution is 0.0175. The van der Waals surface area contributed by atoms with Crippen LogP contribution in [0.2, 0.25) is 5.15 Å². The van der Waals surface area contributed by atoms with Crippen LogP contribution >= 0.6 is 11.6 Å². The summed E-state index contributed by atoms with van der Waals surface area (Å²) in [5, 5.41) is 1.99. The molecule has 1 heterocycles. The van der Waals surface area contributed by atoms with Gasteiger partial charge in [-0.25, -0.2) is 9.78 Å². The van der Waals surface area contributed by atoms with Gasteiger partial charge in [0.05, 0.1) is 5.56 Å². The minimum absolute atomic E-state index is 0.0307. The maximum Gasteiger partial charge on any atom is 0.340 e. The standard InChI is InChI=1S/C17H18ClNO2/c1-11-6-8-12(9-7-11)21-17(20)15-10-19-16(18)14-5-3-2-4-13(14)15/h2-5,10-12H,6-9H2,1H3. The molecule has 1 fully saturated rings. The van der Waals surface area contributed by atoms with Crippen LogP contribution in [0, 0.1) is 5.92 Å². The summed E-state index contributed by atoms with van der Waals surface area (Å²) in [6, 6.07) is 7.51. The van der Waals surface area contributed by atoms with Crippen LogP contribution in [0.4, 0.5) is 0 Å². The monoisotopic (exact) mass is 303 g/mol. The minimum atomic E-state index is -0.296. The SMILES string of the molecule is CC1CCC(OC(=O)c2cnc(Cl)c3ccccc23)CC1. The number of fused-ring (bicyclic) bond motifs is 1. The molecule has 110 valence electrons. The van der Waals surface area contributed by atoms with Gasteiger partial charge in [0.25, 0.3) is 0 Å². The highest BCUT2D eigenvalue weighted by atomic mass is 35.5. The van der Waals surface area contributed by atoms with E-state index >= 15 is 0 Å². The van der Waals surface area contributed by atoms with Gasteiger partial charge in [-0.15, -0.1) is 0 Å². The van der Waals surface area contributed by atoms with Gasteiger partial charge in [-0.05, 0) is 31.6 Å². The summed E-state index contributed by atoms with van der Waals surface area (Å²) in [7, 11) is 0. The van der Waals surface area contributed by atoms with Crippen LogP contribution in [0.5, 0.6) is 0 Å². The number of carbonyl (C=O) groups excluding carboxylic acids is 1. The van der Waals surface area contributed by atoms with Gasteiger partial charge in [0.15, 0.2) is 0 Å². The second-order valence-electron chi connectivity index (χ2n) is 5.80. The Morgan fingerprint density at radius 3 is 2.57 bits per heavy atom. The van der Waals surface area contributed by atoms with Gasteiger partial charge in [0.2, 0.25) is 0 Å². The Labute approximate surface area is 129 Å². The van der Waals surface area contributed by atoms with E-state index in [1.807, 2.05) is 24.3 Å². The number of aromatic nitrogens is 1. The Balaban J connectivity index is 1.83. The molecule has 0 unspecified atom stereocenters. The van der Waals surface area contributed by atoms with E-state index in [1.165, 1.54) is 6.20 Å². The molecule has 2 aromatic rings. The van der Waals surface area contributed by atoms with Crippen molar-refractivity contribution in [3.8, 4) is 0 Å². The van der Waals surface area contributed by atoms with Gasteiger partial charge in [-0.2, -0.15) is 0 Å². The summed E-state index contributed by atoms with van der Waals surface area (Å²) in [4.78, 5) is 16.5. The Morgan fingerprint density at radius 2 is 1.86 bits per heavy atom. The molecule has 0 radical (unpaired) electrons. The van der Waals surface area contributed by atoms with Crippen LogP contribution in [0.25, 0.3) is 10.8 Å². The minimum Gasteiger partial charge on any atom is -0.459 e. The van der Waals surface area contributed by atoms with Crippen LogP contribution in [-0.2, 0) is 4.74 Å². The van der Waals surface area contributed by atoms with Crippen LogP contribution < -0.4 is 0 Å². The van der Waals surface area contributed by atoms with E-state index in [1.54, 1.807) is 0 Å². The summed E-state index contributed by atoms with van der Waals surface area (Å²) in [6.07, 6.45) is 5.69. The number of hydrogen-bond donors (Lipinski definition) is 0. The molecule has 3 nitrogen and oxygen atoms in total. The lowest BCUT2D eigenvalue weighted by atomic mass is 9.89. The van der Waals surface area contributed by atoms with Crippen molar-refractivity contribution < 1.29 is 9.53 Å². The van der Waals surface area contributed by atoms with E-state index in [0.717, 1.165) is 42.4 Å². The first kappa shape index (κ1) is 14.3. The Morgan fingerprint density at radius 1 is 1.19 bits per heavy atom. The number of rotatable bonds is 2. The molecule has 1 aliphatic carbocycles. The van der Waals surface area contributed by atoms with Crippen LogP contribution in [0.1, 0.15) is 43.0 Å². The van der Waals surface area contributed by atoms with E-state index in [4.69, 9.17) is 16.3 Å². The van der Waals surface area contributed by atoms with Crippen LogP contribution in [0.15, 0.2) is 30.5 Å². The molecule has 3 rings (SSSR count). The third-order valence-corrected chi connectivity index (χ3v) is 4.50. The third kappa shape index (κ3) is 3.03. The average Bonchev–Trinajstić information content (AvgIpc) is 2.50. The highest BCUT2D eigenvalue weighted by Crippen LogP contribution is 2.28. The summed E-state index contributed by atoms with van der Waals surface area (Å²) in [5.41, 5.74) is 0.494. The normalized spacial score (nSPS) is 22.2. The van der Waals surface area contributed by atoms with E-state index in [2.05, 4.69) is 11.9 Å². The van der Waals surface area contributed by atoms with Crippen molar-refractivity contribution in [1.29, 1.82) is 0 Å². The second kappa shape index (κ2) is 6.02. The third-order valence-electron chi connectivity index (χ3n) is 4.20. The van der Waals surface area contributed by atoms with Gasteiger partial charge in [0.1, 0.15) is 11.3 Å². The molecule has 21 heavy (non-hydrogen) atoms. The molecule has 1 saturated carbocycles. The fourth-order valence-electron chi connectivity index (χ4n) is 2.88. The van der Waals surface area contributed by atoms with Crippen LogP contribution in [0.3, 0.4) is 0 Å². The highest BCUT2D eigenvalue weighted by molar-refractivity contribution is 6.34. The fourth-order valence-corrected chi connectivity index (χ4v) is 3.10. The second-order valence-corrected chi connectivity index (χ2v) is 6.15. The zero-order chi connectivity index (χ0) is 14.8. The molecule has 0 saturated heterocycles. The van der Waals surface area contributed by atoms with E-state index < -0.39 is 0 Å². The van der Waals surface area contributed by atoms with Gasteiger partial charge >= 0.3 is 5.97 Å². The fraction of sp³-hybridized carbons (Fsp3) is 0.412. The van der Waals surface area contributed by atoms with Crippen molar-refractivity contribution in [1.82, 2.24) is 4.98 Å². The molecule has 0 spiro atoms. The molecule has 0 amide bonds. The van der Waals surface area contributed by atoms with Crippen molar-refractivity contribution >= 4 is 28.3 Å². The quantitative estimate of drug-likeness (QED) is 0.600. The van der Waals surface area contributed by atoms with Crippen LogP contribution in [-0.4, -0.2) is 17.1 Å². The molecule has 4 heteroatoms. The molecule has 1 aromatic carbocycles. The van der Waals surface area contributed by atoms with Crippen molar-refractivity contribution in [2.45, 2.75) is 38.7 Å². The summed E-state index contributed by atoms with van der Waals surface area (Å²) < 4.78 is 5.65. The smallest absolute Gasteiger partial charge is 0.340 e. The number of esters is 1. The predicted molar refractivity (Wildman–Crippen MR) is 83.6 cm³/mol. The van der Waals surface area contributed by atoms with E-state index in [0.29, 0.717) is 10.7 Å². The topological polar surface area (TPSA) is 39.2 Å². The Bertz CT molecular complexity index is 663. The first-order chi connectivity index (χ1) is 10.1. The predicted octanol–water partition coefficient (Wildman–Crippen LogP) is 4.62. The molecular formula is C17H18ClNO2. The largest absolute Gasteiger partial charge is 0.459 e. The van der Waals surface area contributed by atoms with Gasteiger partial charge in [-0.3, -0.25) is 0 Å². The lowest BCUT2D eigenvalue weighted by Gasteiger charge is -2.26. The van der Waals surface area contributed by atoms with Crippen molar-refractivity contribution in [3.63, 3.8) is 0 Å². The Kier molecular flexibility index (Phi) is 4.11. The molecule has 1 aliphatic rings. The van der Waals surface area contributed by atoms with Crippen molar-refractivity contribution in [2.75, 3.05) is 0 Å². The molecule has 1 aromatic heterocycles. The number of nitrogens with zero attached hydrogens (tertiary/aromatic N) is 1. The molecule has 0 bridgehead atoms. The summed E-state index contributed by atoms with van der Waals surface area (Å²) in [5.74, 6) is 0.438. The zero-order valence-electron chi connectivity index (χ0n) is 12.0. The van der Waals surface area contributed by atoms with E-state index in [9.17, 15) is 4.79 Å². The number of pyridine rings is 1. The molecule has 0 aliphatic heterocycles. The van der Waals surface area contributed by atoms with Crippen molar-refractivity contribution in [3.05, 3.63) is 41.2 Å². The molecular weight excluding hydrogens is 286 g/mol. The zero-order valence-corrected chi connectivity index (χ0v) is 12.8. The molecule has 0 atom stereocenters. The number of halogens is 1. The summed E-state index contributed by atoms with van der Waals surface area (Å²) >= 11 is 6.08. The Hall–Kier alpha value is -1.61. The molecule has 0 N–H and O–H groups in total. The summed E-state index contributed by atoms with van der Waals surface area (Å²) in [6.45, 7) is 2.24. The first-order valence-corrected chi connectivity index (χ1v) is 7.77. The van der Waals surface area contributed by atoms with Crippen molar-refractivity contribution in [2.24, 2.45) is 5.92 Å². The number of ether oxygens (including phenoxy) is 1. The van der Waals surface area contributed by atoms with E-state index in [-0.39, 0.29) is 12.1 Å². The highest BCUT2D eigenvalue weighted by Gasteiger charge is 2.23. The van der Waals surface area contributed by atoms with Gasteiger partial charge in [0, 0.05) is 17.0 Å². The lowest BCUT2D eigenvalue weighted by Crippen LogP contribution is -2.23. The maximum absolute atomic E-state index is 12.4. The number of benzene rings is 1. The number of carbonyl (C=O) groups is 1. The maximum atomic E-state index is 12.4. The van der Waals surface area contributed by atoms with Gasteiger partial charge < -0.3 is 4.74 Å². The number of hydrogen-bond acceptors (Lipinski definition) is 3. The first-order valence-electron chi connectivity index (χ1n) is 7.39.